The summed E-state index contributed by atoms with van der Waals surface area (Å²) in [6.45, 7) is 5.74. The number of anilines is 1. The number of aromatic nitrogens is 2. The van der Waals surface area contributed by atoms with Crippen molar-refractivity contribution < 1.29 is 0 Å². The van der Waals surface area contributed by atoms with Gasteiger partial charge >= 0.3 is 0 Å². The monoisotopic (exact) mass is 286 g/mol. The Hall–Kier alpha value is -1.46. The average Bonchev–Trinajstić information content (AvgIpc) is 3.09. The molecule has 2 saturated heterocycles. The van der Waals surface area contributed by atoms with Crippen LogP contribution >= 0.6 is 11.3 Å². The first kappa shape index (κ1) is 12.3. The molecule has 4 rings (SSSR count). The van der Waals surface area contributed by atoms with Gasteiger partial charge in [0.25, 0.3) is 0 Å². The van der Waals surface area contributed by atoms with Crippen LogP contribution in [-0.4, -0.2) is 41.0 Å². The topological polar surface area (TPSA) is 32.3 Å². The second-order valence-corrected chi connectivity index (χ2v) is 6.78. The summed E-state index contributed by atoms with van der Waals surface area (Å²) in [5.74, 6) is 0.889. The lowest BCUT2D eigenvalue weighted by atomic mass is 9.79. The van der Waals surface area contributed by atoms with Crippen LogP contribution in [0.25, 0.3) is 0 Å². The molecule has 0 saturated carbocycles. The van der Waals surface area contributed by atoms with Gasteiger partial charge in [-0.3, -0.25) is 4.90 Å². The molecule has 0 aliphatic carbocycles. The molecule has 20 heavy (non-hydrogen) atoms. The number of nitrogens with zero attached hydrogens (tertiary/aromatic N) is 4. The molecule has 2 aliphatic heterocycles. The van der Waals surface area contributed by atoms with E-state index in [4.69, 9.17) is 0 Å². The van der Waals surface area contributed by atoms with Crippen molar-refractivity contribution in [2.45, 2.75) is 13.0 Å². The molecule has 2 fully saturated rings. The highest BCUT2D eigenvalue weighted by molar-refractivity contribution is 7.07. The van der Waals surface area contributed by atoms with E-state index in [1.807, 2.05) is 18.5 Å². The second-order valence-electron chi connectivity index (χ2n) is 6.00. The molecule has 0 unspecified atom stereocenters. The van der Waals surface area contributed by atoms with Crippen molar-refractivity contribution in [3.8, 4) is 0 Å². The van der Waals surface area contributed by atoms with Gasteiger partial charge in [-0.2, -0.15) is 11.3 Å². The summed E-state index contributed by atoms with van der Waals surface area (Å²) in [6, 6.07) is 4.11. The lowest BCUT2D eigenvalue weighted by molar-refractivity contribution is 0.0117. The van der Waals surface area contributed by atoms with E-state index in [0.29, 0.717) is 5.41 Å². The third kappa shape index (κ3) is 2.21. The fourth-order valence-electron chi connectivity index (χ4n) is 3.47. The molecule has 4 heterocycles. The minimum atomic E-state index is 0.481. The zero-order valence-corrected chi connectivity index (χ0v) is 12.2. The fraction of sp³-hybridized carbons (Fsp3) is 0.467. The number of hydrogen-bond acceptors (Lipinski definition) is 5. The van der Waals surface area contributed by atoms with Crippen molar-refractivity contribution in [3.05, 3.63) is 40.8 Å². The molecule has 2 aromatic rings. The maximum Gasteiger partial charge on any atom is 0.225 e. The van der Waals surface area contributed by atoms with E-state index in [2.05, 4.69) is 36.6 Å². The summed E-state index contributed by atoms with van der Waals surface area (Å²) in [4.78, 5) is 13.6. The predicted octanol–water partition coefficient (Wildman–Crippen LogP) is 2.25. The molecule has 0 radical (unpaired) electrons. The van der Waals surface area contributed by atoms with Gasteiger partial charge in [0, 0.05) is 50.5 Å². The first-order chi connectivity index (χ1) is 9.83. The second kappa shape index (κ2) is 4.82. The van der Waals surface area contributed by atoms with Crippen molar-refractivity contribution >= 4 is 17.3 Å². The quantitative estimate of drug-likeness (QED) is 0.866. The molecule has 1 spiro atoms. The summed E-state index contributed by atoms with van der Waals surface area (Å²) in [5, 5.41) is 4.42. The Bertz CT molecular complexity index is 563. The van der Waals surface area contributed by atoms with E-state index >= 15 is 0 Å². The van der Waals surface area contributed by atoms with E-state index in [0.717, 1.165) is 25.6 Å². The molecule has 0 amide bonds. The van der Waals surface area contributed by atoms with E-state index in [1.54, 1.807) is 11.3 Å². The molecule has 4 nitrogen and oxygen atoms in total. The minimum absolute atomic E-state index is 0.481. The van der Waals surface area contributed by atoms with Crippen molar-refractivity contribution in [2.75, 3.05) is 31.1 Å². The largest absolute Gasteiger partial charge is 0.340 e. The van der Waals surface area contributed by atoms with Gasteiger partial charge in [0.05, 0.1) is 0 Å². The Balaban J connectivity index is 1.36. The van der Waals surface area contributed by atoms with Gasteiger partial charge < -0.3 is 4.90 Å². The Kier molecular flexibility index (Phi) is 2.97. The molecular formula is C15H18N4S. The van der Waals surface area contributed by atoms with Gasteiger partial charge in [-0.25, -0.2) is 9.97 Å². The van der Waals surface area contributed by atoms with Crippen LogP contribution in [0, 0.1) is 5.41 Å². The van der Waals surface area contributed by atoms with Crippen molar-refractivity contribution in [2.24, 2.45) is 5.41 Å². The third-order valence-electron chi connectivity index (χ3n) is 4.38. The summed E-state index contributed by atoms with van der Waals surface area (Å²) in [7, 11) is 0. The Morgan fingerprint density at radius 2 is 2.05 bits per heavy atom. The van der Waals surface area contributed by atoms with Gasteiger partial charge in [-0.15, -0.1) is 0 Å². The summed E-state index contributed by atoms with van der Waals surface area (Å²) in [5.41, 5.74) is 1.93. The highest BCUT2D eigenvalue weighted by atomic mass is 32.1. The zero-order valence-electron chi connectivity index (χ0n) is 11.4. The van der Waals surface area contributed by atoms with Gasteiger partial charge in [-0.1, -0.05) is 0 Å². The van der Waals surface area contributed by atoms with Crippen LogP contribution in [0.4, 0.5) is 5.95 Å². The molecule has 2 aliphatic rings. The Labute approximate surface area is 123 Å². The van der Waals surface area contributed by atoms with Crippen LogP contribution < -0.4 is 4.90 Å². The number of thiophene rings is 1. The van der Waals surface area contributed by atoms with E-state index in [1.165, 1.54) is 25.1 Å². The molecule has 0 atom stereocenters. The standard InChI is InChI=1S/C15H18N4S/c1-4-16-14(17-5-1)19-6-3-15(12-19)10-18(11-15)8-13-2-7-20-9-13/h1-2,4-5,7,9H,3,6,8,10-12H2. The summed E-state index contributed by atoms with van der Waals surface area (Å²) in [6.07, 6.45) is 4.93. The minimum Gasteiger partial charge on any atom is -0.340 e. The van der Waals surface area contributed by atoms with Gasteiger partial charge in [0.1, 0.15) is 0 Å². The van der Waals surface area contributed by atoms with Gasteiger partial charge in [-0.05, 0) is 34.9 Å². The maximum absolute atomic E-state index is 4.37. The first-order valence-corrected chi connectivity index (χ1v) is 8.03. The molecule has 104 valence electrons. The van der Waals surface area contributed by atoms with Crippen LogP contribution in [0.2, 0.25) is 0 Å². The molecular weight excluding hydrogens is 268 g/mol. The first-order valence-electron chi connectivity index (χ1n) is 7.08. The van der Waals surface area contributed by atoms with Crippen molar-refractivity contribution in [1.82, 2.24) is 14.9 Å². The van der Waals surface area contributed by atoms with Crippen molar-refractivity contribution in [3.63, 3.8) is 0 Å². The number of rotatable bonds is 3. The lowest BCUT2D eigenvalue weighted by Gasteiger charge is -2.48. The molecule has 2 aromatic heterocycles. The summed E-state index contributed by atoms with van der Waals surface area (Å²) >= 11 is 1.79. The zero-order chi connectivity index (χ0) is 13.4. The van der Waals surface area contributed by atoms with Gasteiger partial charge in [0.2, 0.25) is 5.95 Å². The predicted molar refractivity (Wildman–Crippen MR) is 80.9 cm³/mol. The fourth-order valence-corrected chi connectivity index (χ4v) is 4.13. The van der Waals surface area contributed by atoms with Crippen molar-refractivity contribution in [1.29, 1.82) is 0 Å². The smallest absolute Gasteiger partial charge is 0.225 e. The lowest BCUT2D eigenvalue weighted by Crippen LogP contribution is -2.56. The third-order valence-corrected chi connectivity index (χ3v) is 5.11. The maximum atomic E-state index is 4.37. The molecule has 5 heteroatoms. The Morgan fingerprint density at radius 3 is 2.80 bits per heavy atom. The van der Waals surface area contributed by atoms with Crippen LogP contribution in [0.5, 0.6) is 0 Å². The van der Waals surface area contributed by atoms with E-state index < -0.39 is 0 Å². The Morgan fingerprint density at radius 1 is 1.20 bits per heavy atom. The molecule has 0 aromatic carbocycles. The highest BCUT2D eigenvalue weighted by Gasteiger charge is 2.47. The average molecular weight is 286 g/mol. The number of likely N-dealkylation sites (tertiary alicyclic amines) is 1. The molecule has 0 N–H and O–H groups in total. The van der Waals surface area contributed by atoms with Crippen LogP contribution in [-0.2, 0) is 6.54 Å². The van der Waals surface area contributed by atoms with E-state index in [-0.39, 0.29) is 0 Å². The molecule has 0 bridgehead atoms. The number of hydrogen-bond donors (Lipinski definition) is 0. The SMILES string of the molecule is c1cnc(N2CCC3(CN(Cc4ccsc4)C3)C2)nc1. The van der Waals surface area contributed by atoms with Crippen LogP contribution in [0.15, 0.2) is 35.3 Å². The van der Waals surface area contributed by atoms with E-state index in [9.17, 15) is 0 Å². The van der Waals surface area contributed by atoms with Gasteiger partial charge in [0.15, 0.2) is 0 Å². The highest BCUT2D eigenvalue weighted by Crippen LogP contribution is 2.41. The normalized spacial score (nSPS) is 21.3. The van der Waals surface area contributed by atoms with Crippen LogP contribution in [0.3, 0.4) is 0 Å². The summed E-state index contributed by atoms with van der Waals surface area (Å²) < 4.78 is 0. The van der Waals surface area contributed by atoms with Crippen LogP contribution in [0.1, 0.15) is 12.0 Å².